The van der Waals surface area contributed by atoms with Crippen molar-refractivity contribution in [1.82, 2.24) is 14.3 Å². The van der Waals surface area contributed by atoms with Crippen molar-refractivity contribution < 1.29 is 21.9 Å². The Bertz CT molecular complexity index is 1170. The number of fused-ring (bicyclic) bond motifs is 1. The van der Waals surface area contributed by atoms with Crippen LogP contribution in [0.4, 0.5) is 8.78 Å². The molecule has 1 aromatic carbocycles. The van der Waals surface area contributed by atoms with Crippen LogP contribution in [-0.2, 0) is 10.0 Å². The molecule has 1 fully saturated rings. The summed E-state index contributed by atoms with van der Waals surface area (Å²) in [6.45, 7) is 0.871. The molecule has 1 saturated heterocycles. The van der Waals surface area contributed by atoms with E-state index in [9.17, 15) is 17.2 Å². The molecule has 1 N–H and O–H groups in total. The minimum atomic E-state index is -3.20. The lowest BCUT2D eigenvalue weighted by molar-refractivity contribution is 0.319. The SMILES string of the molecule is COc1ccc(F)cc1-c1c(F)cnc2[nH]c(C3CCN(S(C)(=O)=O)CC3)cc12. The molecule has 6 nitrogen and oxygen atoms in total. The molecule has 2 aromatic heterocycles. The Morgan fingerprint density at radius 2 is 1.93 bits per heavy atom. The summed E-state index contributed by atoms with van der Waals surface area (Å²) >= 11 is 0. The Balaban J connectivity index is 1.75. The van der Waals surface area contributed by atoms with E-state index in [1.165, 1.54) is 35.9 Å². The number of rotatable bonds is 4. The largest absolute Gasteiger partial charge is 0.496 e. The number of methoxy groups -OCH3 is 1. The average Bonchev–Trinajstić information content (AvgIpc) is 3.11. The molecule has 0 radical (unpaired) electrons. The van der Waals surface area contributed by atoms with E-state index in [1.54, 1.807) is 0 Å². The van der Waals surface area contributed by atoms with Gasteiger partial charge in [0.15, 0.2) is 0 Å². The van der Waals surface area contributed by atoms with E-state index in [2.05, 4.69) is 9.97 Å². The summed E-state index contributed by atoms with van der Waals surface area (Å²) in [4.78, 5) is 7.37. The van der Waals surface area contributed by atoms with E-state index in [-0.39, 0.29) is 11.5 Å². The topological polar surface area (TPSA) is 75.3 Å². The fraction of sp³-hybridized carbons (Fsp3) is 0.350. The van der Waals surface area contributed by atoms with Gasteiger partial charge in [-0.2, -0.15) is 0 Å². The summed E-state index contributed by atoms with van der Waals surface area (Å²) in [5, 5.41) is 0.537. The van der Waals surface area contributed by atoms with Crippen molar-refractivity contribution in [1.29, 1.82) is 0 Å². The molecule has 0 unspecified atom stereocenters. The molecule has 1 aliphatic heterocycles. The van der Waals surface area contributed by atoms with Crippen LogP contribution >= 0.6 is 0 Å². The van der Waals surface area contributed by atoms with Gasteiger partial charge in [0.1, 0.15) is 23.0 Å². The van der Waals surface area contributed by atoms with Crippen LogP contribution in [-0.4, -0.2) is 49.1 Å². The summed E-state index contributed by atoms with van der Waals surface area (Å²) in [7, 11) is -1.75. The number of ether oxygens (including phenoxy) is 1. The van der Waals surface area contributed by atoms with Gasteiger partial charge in [-0.25, -0.2) is 26.5 Å². The molecule has 3 aromatic rings. The van der Waals surface area contributed by atoms with Gasteiger partial charge in [0.25, 0.3) is 0 Å². The second-order valence-electron chi connectivity index (χ2n) is 7.25. The molecular weight excluding hydrogens is 400 g/mol. The van der Waals surface area contributed by atoms with Crippen molar-refractivity contribution >= 4 is 21.1 Å². The predicted octanol–water partition coefficient (Wildman–Crippen LogP) is 3.66. The summed E-state index contributed by atoms with van der Waals surface area (Å²) in [6.07, 6.45) is 3.62. The van der Waals surface area contributed by atoms with Crippen LogP contribution < -0.4 is 4.74 Å². The lowest BCUT2D eigenvalue weighted by Gasteiger charge is -2.29. The van der Waals surface area contributed by atoms with E-state index >= 15 is 0 Å². The number of nitrogens with one attached hydrogen (secondary N) is 1. The number of piperidine rings is 1. The van der Waals surface area contributed by atoms with Crippen LogP contribution in [0.15, 0.2) is 30.5 Å². The monoisotopic (exact) mass is 421 g/mol. The number of H-pyrrole nitrogens is 1. The van der Waals surface area contributed by atoms with Crippen molar-refractivity contribution in [2.24, 2.45) is 0 Å². The maximum absolute atomic E-state index is 14.8. The highest BCUT2D eigenvalue weighted by Gasteiger charge is 2.27. The normalized spacial score (nSPS) is 16.4. The molecule has 9 heteroatoms. The van der Waals surface area contributed by atoms with Gasteiger partial charge >= 0.3 is 0 Å². The molecule has 0 amide bonds. The zero-order valence-electron chi connectivity index (χ0n) is 16.1. The highest BCUT2D eigenvalue weighted by atomic mass is 32.2. The Morgan fingerprint density at radius 1 is 1.21 bits per heavy atom. The quantitative estimate of drug-likeness (QED) is 0.698. The van der Waals surface area contributed by atoms with Crippen LogP contribution in [0.5, 0.6) is 5.75 Å². The number of sulfonamides is 1. The van der Waals surface area contributed by atoms with E-state index in [0.29, 0.717) is 48.3 Å². The smallest absolute Gasteiger partial charge is 0.211 e. The Labute approximate surface area is 167 Å². The first-order chi connectivity index (χ1) is 13.8. The fourth-order valence-electron chi connectivity index (χ4n) is 3.94. The zero-order chi connectivity index (χ0) is 20.8. The molecule has 154 valence electrons. The van der Waals surface area contributed by atoms with Gasteiger partial charge in [-0.05, 0) is 37.1 Å². The van der Waals surface area contributed by atoms with Crippen molar-refractivity contribution in [2.45, 2.75) is 18.8 Å². The lowest BCUT2D eigenvalue weighted by atomic mass is 9.94. The molecule has 4 rings (SSSR count). The molecule has 0 saturated carbocycles. The average molecular weight is 421 g/mol. The van der Waals surface area contributed by atoms with Gasteiger partial charge in [-0.1, -0.05) is 0 Å². The first-order valence-corrected chi connectivity index (χ1v) is 11.1. The predicted molar refractivity (Wildman–Crippen MR) is 106 cm³/mol. The molecule has 29 heavy (non-hydrogen) atoms. The maximum Gasteiger partial charge on any atom is 0.211 e. The summed E-state index contributed by atoms with van der Waals surface area (Å²) in [5.41, 5.74) is 1.90. The van der Waals surface area contributed by atoms with Crippen molar-refractivity contribution in [2.75, 3.05) is 26.5 Å². The minimum absolute atomic E-state index is 0.104. The van der Waals surface area contributed by atoms with E-state index in [4.69, 9.17) is 4.74 Å². The third-order valence-corrected chi connectivity index (χ3v) is 6.73. The molecule has 0 spiro atoms. The van der Waals surface area contributed by atoms with Crippen LogP contribution in [0, 0.1) is 11.6 Å². The van der Waals surface area contributed by atoms with Crippen LogP contribution in [0.25, 0.3) is 22.2 Å². The van der Waals surface area contributed by atoms with Crippen LogP contribution in [0.3, 0.4) is 0 Å². The molecular formula is C20H21F2N3O3S. The Kier molecular flexibility index (Phi) is 5.04. The number of pyridine rings is 1. The lowest BCUT2D eigenvalue weighted by Crippen LogP contribution is -2.37. The Hall–Kier alpha value is -2.52. The minimum Gasteiger partial charge on any atom is -0.496 e. The second kappa shape index (κ2) is 7.38. The molecule has 0 aliphatic carbocycles. The third kappa shape index (κ3) is 3.72. The van der Waals surface area contributed by atoms with Crippen molar-refractivity contribution in [3.8, 4) is 16.9 Å². The summed E-state index contributed by atoms with van der Waals surface area (Å²) in [5.74, 6) is -0.595. The van der Waals surface area contributed by atoms with E-state index in [0.717, 1.165) is 11.9 Å². The molecule has 1 aliphatic rings. The summed E-state index contributed by atoms with van der Waals surface area (Å²) < 4.78 is 58.8. The van der Waals surface area contributed by atoms with Gasteiger partial charge in [0.05, 0.1) is 19.6 Å². The zero-order valence-corrected chi connectivity index (χ0v) is 16.9. The van der Waals surface area contributed by atoms with Crippen molar-refractivity contribution in [3.63, 3.8) is 0 Å². The highest BCUT2D eigenvalue weighted by molar-refractivity contribution is 7.88. The number of nitrogens with zero attached hydrogens (tertiary/aromatic N) is 2. The molecule has 0 bridgehead atoms. The number of hydrogen-bond donors (Lipinski definition) is 1. The number of halogens is 2. The van der Waals surface area contributed by atoms with Gasteiger partial charge in [0, 0.05) is 41.2 Å². The second-order valence-corrected chi connectivity index (χ2v) is 9.23. The number of benzene rings is 1. The van der Waals surface area contributed by atoms with Gasteiger partial charge in [-0.3, -0.25) is 0 Å². The first kappa shape index (κ1) is 19.8. The number of aromatic nitrogens is 2. The first-order valence-electron chi connectivity index (χ1n) is 9.24. The Morgan fingerprint density at radius 3 is 2.59 bits per heavy atom. The van der Waals surface area contributed by atoms with Gasteiger partial charge in [0.2, 0.25) is 10.0 Å². The van der Waals surface area contributed by atoms with Gasteiger partial charge < -0.3 is 9.72 Å². The maximum atomic E-state index is 14.8. The molecule has 3 heterocycles. The highest BCUT2D eigenvalue weighted by Crippen LogP contribution is 2.39. The molecule has 0 atom stereocenters. The van der Waals surface area contributed by atoms with E-state index in [1.807, 2.05) is 6.07 Å². The third-order valence-electron chi connectivity index (χ3n) is 5.43. The number of aromatic amines is 1. The summed E-state index contributed by atoms with van der Waals surface area (Å²) in [6, 6.07) is 5.79. The van der Waals surface area contributed by atoms with E-state index < -0.39 is 21.7 Å². The van der Waals surface area contributed by atoms with Crippen LogP contribution in [0.1, 0.15) is 24.5 Å². The number of hydrogen-bond acceptors (Lipinski definition) is 4. The van der Waals surface area contributed by atoms with Crippen LogP contribution in [0.2, 0.25) is 0 Å². The fourth-order valence-corrected chi connectivity index (χ4v) is 4.81. The standard InChI is InChI=1S/C20H21F2N3O3S/c1-28-18-4-3-13(21)9-14(18)19-15-10-17(24-20(15)23-11-16(19)22)12-5-7-25(8-6-12)29(2,26)27/h3-4,9-12H,5-8H2,1-2H3,(H,23,24). The van der Waals surface area contributed by atoms with Gasteiger partial charge in [-0.15, -0.1) is 0 Å². The van der Waals surface area contributed by atoms with Crippen molar-refractivity contribution in [3.05, 3.63) is 47.8 Å².